The van der Waals surface area contributed by atoms with Gasteiger partial charge in [-0.3, -0.25) is 4.99 Å². The summed E-state index contributed by atoms with van der Waals surface area (Å²) in [6, 6.07) is 2.21. The van der Waals surface area contributed by atoms with Crippen LogP contribution >= 0.6 is 11.3 Å². The number of thiophene rings is 1. The van der Waals surface area contributed by atoms with Crippen molar-refractivity contribution in [3.8, 4) is 0 Å². The first-order chi connectivity index (χ1) is 8.11. The van der Waals surface area contributed by atoms with Crippen LogP contribution in [0.1, 0.15) is 31.2 Å². The first-order valence-corrected chi connectivity index (χ1v) is 7.06. The van der Waals surface area contributed by atoms with Gasteiger partial charge >= 0.3 is 0 Å². The highest BCUT2D eigenvalue weighted by atomic mass is 32.1. The lowest BCUT2D eigenvalue weighted by molar-refractivity contribution is 0.358. The lowest BCUT2D eigenvalue weighted by Gasteiger charge is -2.29. The molecule has 1 aromatic rings. The van der Waals surface area contributed by atoms with Gasteiger partial charge in [-0.25, -0.2) is 0 Å². The number of hydrogen-bond donors (Lipinski definition) is 2. The summed E-state index contributed by atoms with van der Waals surface area (Å²) in [4.78, 5) is 5.95. The molecule has 0 fully saturated rings. The number of guanidine groups is 1. The minimum absolute atomic E-state index is 0.280. The molecule has 0 saturated carbocycles. The van der Waals surface area contributed by atoms with Crippen molar-refractivity contribution in [1.82, 2.24) is 10.6 Å². The smallest absolute Gasteiger partial charge is 0.191 e. The van der Waals surface area contributed by atoms with Gasteiger partial charge < -0.3 is 10.6 Å². The summed E-state index contributed by atoms with van der Waals surface area (Å²) in [6.07, 6.45) is 1.10. The van der Waals surface area contributed by atoms with Crippen LogP contribution in [0.25, 0.3) is 0 Å². The molecule has 94 valence electrons. The van der Waals surface area contributed by atoms with Crippen molar-refractivity contribution in [2.45, 2.75) is 33.7 Å². The topological polar surface area (TPSA) is 36.4 Å². The zero-order chi connectivity index (χ0) is 12.3. The Balaban J connectivity index is 1.89. The molecule has 0 radical (unpaired) electrons. The van der Waals surface area contributed by atoms with Crippen molar-refractivity contribution in [2.24, 2.45) is 10.4 Å². The number of nitrogens with one attached hydrogen (secondary N) is 2. The van der Waals surface area contributed by atoms with E-state index in [-0.39, 0.29) is 5.41 Å². The number of rotatable bonds is 3. The maximum absolute atomic E-state index is 4.54. The number of nitrogens with zero attached hydrogens (tertiary/aromatic N) is 1. The van der Waals surface area contributed by atoms with Crippen LogP contribution in [0.5, 0.6) is 0 Å². The number of aliphatic imine (C=N–C) groups is 1. The highest BCUT2D eigenvalue weighted by Gasteiger charge is 2.22. The van der Waals surface area contributed by atoms with Crippen LogP contribution in [0.2, 0.25) is 0 Å². The summed E-state index contributed by atoms with van der Waals surface area (Å²) in [7, 11) is 0. The molecule has 4 heteroatoms. The molecule has 17 heavy (non-hydrogen) atoms. The molecule has 0 spiro atoms. The third-order valence-corrected chi connectivity index (χ3v) is 4.00. The van der Waals surface area contributed by atoms with Crippen molar-refractivity contribution in [3.63, 3.8) is 0 Å². The van der Waals surface area contributed by atoms with Crippen LogP contribution in [-0.4, -0.2) is 19.0 Å². The zero-order valence-corrected chi connectivity index (χ0v) is 11.7. The lowest BCUT2D eigenvalue weighted by atomic mass is 9.93. The van der Waals surface area contributed by atoms with E-state index in [9.17, 15) is 0 Å². The Bertz CT molecular complexity index is 407. The van der Waals surface area contributed by atoms with E-state index in [0.717, 1.165) is 32.0 Å². The fraction of sp³-hybridized carbons (Fsp3) is 0.615. The van der Waals surface area contributed by atoms with Crippen molar-refractivity contribution in [2.75, 3.05) is 13.1 Å². The third kappa shape index (κ3) is 3.22. The first-order valence-electron chi connectivity index (χ1n) is 6.18. The molecule has 1 aliphatic rings. The molecule has 2 N–H and O–H groups in total. The normalized spacial score (nSPS) is 18.4. The van der Waals surface area contributed by atoms with Gasteiger partial charge in [-0.2, -0.15) is 0 Å². The number of hydrogen-bond acceptors (Lipinski definition) is 4. The predicted octanol–water partition coefficient (Wildman–Crippen LogP) is 2.39. The molecule has 3 nitrogen and oxygen atoms in total. The molecule has 0 bridgehead atoms. The quantitative estimate of drug-likeness (QED) is 0.865. The second-order valence-corrected chi connectivity index (χ2v) is 6.26. The zero-order valence-electron chi connectivity index (χ0n) is 10.8. The van der Waals surface area contributed by atoms with E-state index in [0.29, 0.717) is 0 Å². The van der Waals surface area contributed by atoms with Gasteiger partial charge in [0.25, 0.3) is 0 Å². The monoisotopic (exact) mass is 251 g/mol. The van der Waals surface area contributed by atoms with Crippen molar-refractivity contribution < 1.29 is 0 Å². The second kappa shape index (κ2) is 5.08. The van der Waals surface area contributed by atoms with E-state index in [1.807, 2.05) is 11.3 Å². The molecular formula is C13H21N3S. The SMILES string of the molecule is CCc1ccsc1CNC1=NCC(C)(C)CN1. The summed E-state index contributed by atoms with van der Waals surface area (Å²) in [5.41, 5.74) is 1.72. The Hall–Kier alpha value is -1.03. The Kier molecular flexibility index (Phi) is 3.72. The van der Waals surface area contributed by atoms with Crippen molar-refractivity contribution in [1.29, 1.82) is 0 Å². The summed E-state index contributed by atoms with van der Waals surface area (Å²) in [5.74, 6) is 0.944. The molecule has 0 saturated heterocycles. The largest absolute Gasteiger partial charge is 0.356 e. The first kappa shape index (κ1) is 12.4. The van der Waals surface area contributed by atoms with Crippen LogP contribution in [0.4, 0.5) is 0 Å². The molecule has 0 aromatic carbocycles. The Labute approximate surface area is 107 Å². The minimum atomic E-state index is 0.280. The van der Waals surface area contributed by atoms with Crippen LogP contribution in [0.3, 0.4) is 0 Å². The summed E-state index contributed by atoms with van der Waals surface area (Å²) in [5, 5.41) is 8.90. The van der Waals surface area contributed by atoms with Crippen molar-refractivity contribution >= 4 is 17.3 Å². The van der Waals surface area contributed by atoms with Gasteiger partial charge in [-0.15, -0.1) is 11.3 Å². The molecule has 2 rings (SSSR count). The van der Waals surface area contributed by atoms with Crippen LogP contribution in [0.15, 0.2) is 16.4 Å². The lowest BCUT2D eigenvalue weighted by Crippen LogP contribution is -2.47. The molecule has 0 amide bonds. The maximum atomic E-state index is 4.54. The average Bonchev–Trinajstić information content (AvgIpc) is 2.75. The average molecular weight is 251 g/mol. The fourth-order valence-corrected chi connectivity index (χ4v) is 2.76. The van der Waals surface area contributed by atoms with Gasteiger partial charge in [0, 0.05) is 23.4 Å². The van der Waals surface area contributed by atoms with E-state index in [1.54, 1.807) is 0 Å². The summed E-state index contributed by atoms with van der Waals surface area (Å²) >= 11 is 1.82. The molecule has 1 aromatic heterocycles. The van der Waals surface area contributed by atoms with Gasteiger partial charge in [0.1, 0.15) is 0 Å². The predicted molar refractivity (Wildman–Crippen MR) is 74.6 cm³/mol. The third-order valence-electron chi connectivity index (χ3n) is 3.03. The van der Waals surface area contributed by atoms with Crippen LogP contribution in [-0.2, 0) is 13.0 Å². The van der Waals surface area contributed by atoms with Crippen LogP contribution in [0, 0.1) is 5.41 Å². The second-order valence-electron chi connectivity index (χ2n) is 5.26. The van der Waals surface area contributed by atoms with E-state index in [1.165, 1.54) is 10.4 Å². The van der Waals surface area contributed by atoms with E-state index in [2.05, 4.69) is 47.8 Å². The Morgan fingerprint density at radius 2 is 2.35 bits per heavy atom. The number of aryl methyl sites for hydroxylation is 1. The molecular weight excluding hydrogens is 230 g/mol. The fourth-order valence-electron chi connectivity index (χ4n) is 1.85. The molecule has 0 aliphatic carbocycles. The summed E-state index contributed by atoms with van der Waals surface area (Å²) < 4.78 is 0. The van der Waals surface area contributed by atoms with Gasteiger partial charge in [-0.05, 0) is 23.4 Å². The minimum Gasteiger partial charge on any atom is -0.356 e. The van der Waals surface area contributed by atoms with Gasteiger partial charge in [0.15, 0.2) is 5.96 Å². The van der Waals surface area contributed by atoms with Gasteiger partial charge in [-0.1, -0.05) is 20.8 Å². The maximum Gasteiger partial charge on any atom is 0.191 e. The molecule has 0 unspecified atom stereocenters. The standard InChI is InChI=1S/C13H21N3S/c1-4-10-5-6-17-11(10)7-14-12-15-8-13(2,3)9-16-12/h5-6H,4,7-9H2,1-3H3,(H2,14,15,16). The van der Waals surface area contributed by atoms with Crippen LogP contribution < -0.4 is 10.6 Å². The molecule has 1 aliphatic heterocycles. The van der Waals surface area contributed by atoms with Crippen molar-refractivity contribution in [3.05, 3.63) is 21.9 Å². The Morgan fingerprint density at radius 1 is 1.53 bits per heavy atom. The summed E-state index contributed by atoms with van der Waals surface area (Å²) in [6.45, 7) is 9.43. The molecule has 2 heterocycles. The van der Waals surface area contributed by atoms with E-state index >= 15 is 0 Å². The van der Waals surface area contributed by atoms with E-state index < -0.39 is 0 Å². The van der Waals surface area contributed by atoms with E-state index in [4.69, 9.17) is 0 Å². The highest BCUT2D eigenvalue weighted by molar-refractivity contribution is 7.10. The van der Waals surface area contributed by atoms with Gasteiger partial charge in [0.2, 0.25) is 0 Å². The highest BCUT2D eigenvalue weighted by Crippen LogP contribution is 2.18. The molecule has 0 atom stereocenters. The van der Waals surface area contributed by atoms with Gasteiger partial charge in [0.05, 0.1) is 6.54 Å². The Morgan fingerprint density at radius 3 is 3.00 bits per heavy atom.